The lowest BCUT2D eigenvalue weighted by Gasteiger charge is -2.15. The van der Waals surface area contributed by atoms with Gasteiger partial charge in [0.15, 0.2) is 0 Å². The fraction of sp³-hybridized carbons (Fsp3) is 0.200. The number of aliphatic hydroxyl groups is 1. The first-order valence-corrected chi connectivity index (χ1v) is 6.07. The van der Waals surface area contributed by atoms with Gasteiger partial charge in [-0.15, -0.1) is 0 Å². The van der Waals surface area contributed by atoms with E-state index in [4.69, 9.17) is 11.6 Å². The molecular weight excluding hydrogens is 251 g/mol. The molecule has 0 aliphatic carbocycles. The van der Waals surface area contributed by atoms with E-state index in [0.717, 1.165) is 5.56 Å². The Morgan fingerprint density at radius 3 is 2.28 bits per heavy atom. The third-order valence-electron chi connectivity index (χ3n) is 2.99. The normalized spacial score (nSPS) is 12.5. The molecule has 0 bridgehead atoms. The maximum atomic E-state index is 14.0. The molecule has 2 rings (SSSR count). The maximum absolute atomic E-state index is 14.0. The fourth-order valence-electron chi connectivity index (χ4n) is 1.84. The second-order valence-electron chi connectivity index (χ2n) is 4.41. The van der Waals surface area contributed by atoms with Gasteiger partial charge < -0.3 is 5.11 Å². The van der Waals surface area contributed by atoms with Crippen molar-refractivity contribution in [3.8, 4) is 0 Å². The van der Waals surface area contributed by atoms with Crippen LogP contribution in [0.2, 0.25) is 5.02 Å². The monoisotopic (exact) mass is 264 g/mol. The number of hydrogen-bond donors (Lipinski definition) is 1. The van der Waals surface area contributed by atoms with E-state index in [-0.39, 0.29) is 10.6 Å². The smallest absolute Gasteiger partial charge is 0.133 e. The quantitative estimate of drug-likeness (QED) is 0.863. The minimum atomic E-state index is -1.04. The van der Waals surface area contributed by atoms with Crippen LogP contribution in [0.1, 0.15) is 28.4 Å². The van der Waals surface area contributed by atoms with Gasteiger partial charge in [-0.1, -0.05) is 47.5 Å². The van der Waals surface area contributed by atoms with Crippen LogP contribution in [0, 0.1) is 19.7 Å². The molecule has 18 heavy (non-hydrogen) atoms. The first-order chi connectivity index (χ1) is 8.50. The van der Waals surface area contributed by atoms with Crippen LogP contribution in [-0.2, 0) is 0 Å². The number of halogens is 2. The van der Waals surface area contributed by atoms with Crippen molar-refractivity contribution in [3.05, 3.63) is 69.5 Å². The summed E-state index contributed by atoms with van der Waals surface area (Å²) in [6.45, 7) is 3.60. The second-order valence-corrected chi connectivity index (χ2v) is 4.81. The van der Waals surface area contributed by atoms with Crippen LogP contribution in [0.15, 0.2) is 36.4 Å². The molecule has 1 atom stereocenters. The topological polar surface area (TPSA) is 20.2 Å². The minimum Gasteiger partial charge on any atom is -0.383 e. The summed E-state index contributed by atoms with van der Waals surface area (Å²) in [7, 11) is 0. The molecule has 0 spiro atoms. The molecule has 0 aromatic heterocycles. The summed E-state index contributed by atoms with van der Waals surface area (Å²) in [5, 5.41) is 10.5. The Hall–Kier alpha value is -1.38. The molecule has 0 fully saturated rings. The average Bonchev–Trinajstić information content (AvgIpc) is 2.35. The summed E-state index contributed by atoms with van der Waals surface area (Å²) >= 11 is 5.98. The fourth-order valence-corrected chi connectivity index (χ4v) is 2.09. The molecule has 0 radical (unpaired) electrons. The van der Waals surface area contributed by atoms with Crippen LogP contribution < -0.4 is 0 Å². The minimum absolute atomic E-state index is 0.139. The van der Waals surface area contributed by atoms with Gasteiger partial charge >= 0.3 is 0 Å². The van der Waals surface area contributed by atoms with Gasteiger partial charge in [0.25, 0.3) is 0 Å². The lowest BCUT2D eigenvalue weighted by molar-refractivity contribution is 0.215. The highest BCUT2D eigenvalue weighted by Crippen LogP contribution is 2.32. The molecule has 3 heteroatoms. The predicted molar refractivity (Wildman–Crippen MR) is 71.4 cm³/mol. The largest absolute Gasteiger partial charge is 0.383 e. The van der Waals surface area contributed by atoms with Gasteiger partial charge in [0.1, 0.15) is 11.9 Å². The van der Waals surface area contributed by atoms with E-state index in [0.29, 0.717) is 11.1 Å². The van der Waals surface area contributed by atoms with Gasteiger partial charge in [-0.3, -0.25) is 0 Å². The van der Waals surface area contributed by atoms with Crippen molar-refractivity contribution in [3.63, 3.8) is 0 Å². The lowest BCUT2D eigenvalue weighted by atomic mass is 9.98. The third kappa shape index (κ3) is 2.40. The van der Waals surface area contributed by atoms with Crippen molar-refractivity contribution in [1.82, 2.24) is 0 Å². The van der Waals surface area contributed by atoms with Crippen LogP contribution in [0.4, 0.5) is 4.39 Å². The summed E-state index contributed by atoms with van der Waals surface area (Å²) in [6, 6.07) is 10.5. The highest BCUT2D eigenvalue weighted by Gasteiger charge is 2.19. The van der Waals surface area contributed by atoms with Gasteiger partial charge in [0, 0.05) is 10.6 Å². The van der Waals surface area contributed by atoms with E-state index >= 15 is 0 Å². The van der Waals surface area contributed by atoms with Gasteiger partial charge in [0.2, 0.25) is 0 Å². The molecule has 2 aromatic carbocycles. The van der Waals surface area contributed by atoms with Gasteiger partial charge in [-0.05, 0) is 31.0 Å². The summed E-state index contributed by atoms with van der Waals surface area (Å²) < 4.78 is 14.0. The van der Waals surface area contributed by atoms with E-state index < -0.39 is 11.9 Å². The second kappa shape index (κ2) is 5.09. The van der Waals surface area contributed by atoms with Crippen LogP contribution in [-0.4, -0.2) is 5.11 Å². The van der Waals surface area contributed by atoms with E-state index in [1.807, 2.05) is 19.1 Å². The molecule has 0 amide bonds. The lowest BCUT2D eigenvalue weighted by Crippen LogP contribution is -2.05. The number of benzene rings is 2. The first kappa shape index (κ1) is 13.1. The van der Waals surface area contributed by atoms with Crippen molar-refractivity contribution in [1.29, 1.82) is 0 Å². The zero-order chi connectivity index (χ0) is 13.3. The highest BCUT2D eigenvalue weighted by molar-refractivity contribution is 6.31. The summed E-state index contributed by atoms with van der Waals surface area (Å²) in [6.07, 6.45) is -1.04. The van der Waals surface area contributed by atoms with Crippen molar-refractivity contribution >= 4 is 11.6 Å². The van der Waals surface area contributed by atoms with Crippen molar-refractivity contribution in [2.24, 2.45) is 0 Å². The summed E-state index contributed by atoms with van der Waals surface area (Å²) in [5.41, 5.74) is 2.33. The Bertz CT molecular complexity index is 563. The molecule has 2 aromatic rings. The van der Waals surface area contributed by atoms with E-state index in [2.05, 4.69) is 0 Å². The molecule has 0 aliphatic heterocycles. The molecule has 0 heterocycles. The van der Waals surface area contributed by atoms with Crippen LogP contribution in [0.25, 0.3) is 0 Å². The Balaban J connectivity index is 2.49. The van der Waals surface area contributed by atoms with Crippen LogP contribution >= 0.6 is 11.6 Å². The zero-order valence-corrected chi connectivity index (χ0v) is 11.0. The van der Waals surface area contributed by atoms with Crippen molar-refractivity contribution in [2.45, 2.75) is 20.0 Å². The Labute approximate surface area is 111 Å². The molecule has 0 saturated heterocycles. The third-order valence-corrected chi connectivity index (χ3v) is 3.32. The van der Waals surface area contributed by atoms with E-state index in [1.54, 1.807) is 31.2 Å². The number of aryl methyl sites for hydroxylation is 2. The predicted octanol–water partition coefficient (Wildman–Crippen LogP) is 4.18. The van der Waals surface area contributed by atoms with Crippen molar-refractivity contribution < 1.29 is 9.50 Å². The molecule has 1 unspecified atom stereocenters. The molecular formula is C15H14ClFO. The van der Waals surface area contributed by atoms with Gasteiger partial charge in [-0.25, -0.2) is 4.39 Å². The first-order valence-electron chi connectivity index (χ1n) is 5.70. The van der Waals surface area contributed by atoms with E-state index in [9.17, 15) is 9.50 Å². The molecule has 0 saturated carbocycles. The average molecular weight is 265 g/mol. The van der Waals surface area contributed by atoms with Crippen LogP contribution in [0.5, 0.6) is 0 Å². The Morgan fingerprint density at radius 1 is 1.06 bits per heavy atom. The standard InChI is InChI=1S/C15H14ClFO/c1-9-3-6-11(7-4-9)15(18)13-12(16)8-5-10(2)14(13)17/h3-8,15,18H,1-2H3. The molecule has 1 nitrogen and oxygen atoms in total. The summed E-state index contributed by atoms with van der Waals surface area (Å²) in [4.78, 5) is 0. The van der Waals surface area contributed by atoms with Gasteiger partial charge in [-0.2, -0.15) is 0 Å². The number of hydrogen-bond acceptors (Lipinski definition) is 1. The number of aliphatic hydroxyl groups excluding tert-OH is 1. The Morgan fingerprint density at radius 2 is 1.67 bits per heavy atom. The Kier molecular flexibility index (Phi) is 3.69. The van der Waals surface area contributed by atoms with Gasteiger partial charge in [0.05, 0.1) is 0 Å². The van der Waals surface area contributed by atoms with Crippen molar-refractivity contribution in [2.75, 3.05) is 0 Å². The SMILES string of the molecule is Cc1ccc(C(O)c2c(Cl)ccc(C)c2F)cc1. The number of rotatable bonds is 2. The van der Waals surface area contributed by atoms with Crippen LogP contribution in [0.3, 0.4) is 0 Å². The molecule has 0 aliphatic rings. The summed E-state index contributed by atoms with van der Waals surface area (Å²) in [5.74, 6) is -0.449. The maximum Gasteiger partial charge on any atom is 0.133 e. The molecule has 94 valence electrons. The zero-order valence-electron chi connectivity index (χ0n) is 10.2. The molecule has 1 N–H and O–H groups in total. The highest BCUT2D eigenvalue weighted by atomic mass is 35.5. The van der Waals surface area contributed by atoms with E-state index in [1.165, 1.54) is 0 Å².